The highest BCUT2D eigenvalue weighted by molar-refractivity contribution is 5.84. The fraction of sp³-hybridized carbons (Fsp3) is 0.158. The summed E-state index contributed by atoms with van der Waals surface area (Å²) in [6.07, 6.45) is 3.11. The summed E-state index contributed by atoms with van der Waals surface area (Å²) in [5, 5.41) is 28.7. The highest BCUT2D eigenvalue weighted by Gasteiger charge is 2.05. The third kappa shape index (κ3) is 8.19. The van der Waals surface area contributed by atoms with E-state index in [-0.39, 0.29) is 42.5 Å². The summed E-state index contributed by atoms with van der Waals surface area (Å²) >= 11 is 0. The van der Waals surface area contributed by atoms with Crippen LogP contribution in [0.1, 0.15) is 30.4 Å². The first-order valence-corrected chi connectivity index (χ1v) is 8.98. The second kappa shape index (κ2) is 11.5. The van der Waals surface area contributed by atoms with Crippen LogP contribution in [-0.2, 0) is 9.59 Å². The Morgan fingerprint density at radius 2 is 1.10 bits per heavy atom. The van der Waals surface area contributed by atoms with E-state index in [1.54, 1.807) is 0 Å². The Hall–Kier alpha value is -4.48. The van der Waals surface area contributed by atoms with Crippen LogP contribution in [0.2, 0.25) is 0 Å². The Morgan fingerprint density at radius 1 is 0.742 bits per heavy atom. The zero-order valence-corrected chi connectivity index (χ0v) is 16.1. The van der Waals surface area contributed by atoms with E-state index < -0.39 is 9.85 Å². The summed E-state index contributed by atoms with van der Waals surface area (Å²) in [5.41, 5.74) is 5.68. The van der Waals surface area contributed by atoms with Gasteiger partial charge in [0.25, 0.3) is 11.4 Å². The molecule has 2 aromatic carbocycles. The summed E-state index contributed by atoms with van der Waals surface area (Å²) in [6.45, 7) is 0. The normalized spacial score (nSPS) is 10.8. The van der Waals surface area contributed by atoms with Crippen molar-refractivity contribution >= 4 is 35.6 Å². The van der Waals surface area contributed by atoms with Crippen molar-refractivity contribution in [3.05, 3.63) is 79.9 Å². The number of carbonyl (C=O) groups excluding carboxylic acids is 2. The minimum Gasteiger partial charge on any atom is -0.273 e. The van der Waals surface area contributed by atoms with Crippen LogP contribution in [0.15, 0.2) is 58.7 Å². The molecule has 2 aromatic rings. The molecule has 0 bridgehead atoms. The zero-order chi connectivity index (χ0) is 22.6. The van der Waals surface area contributed by atoms with Crippen molar-refractivity contribution in [2.45, 2.75) is 19.3 Å². The van der Waals surface area contributed by atoms with Crippen LogP contribution in [0.3, 0.4) is 0 Å². The lowest BCUT2D eigenvalue weighted by Crippen LogP contribution is -2.20. The molecule has 0 aliphatic rings. The molecule has 12 heteroatoms. The van der Waals surface area contributed by atoms with Crippen LogP contribution >= 0.6 is 0 Å². The van der Waals surface area contributed by atoms with Gasteiger partial charge in [0.1, 0.15) is 0 Å². The van der Waals surface area contributed by atoms with E-state index in [0.717, 1.165) is 0 Å². The summed E-state index contributed by atoms with van der Waals surface area (Å²) in [7, 11) is 0. The lowest BCUT2D eigenvalue weighted by Gasteiger charge is -2.00. The maximum absolute atomic E-state index is 11.7. The quantitative estimate of drug-likeness (QED) is 0.335. The zero-order valence-electron chi connectivity index (χ0n) is 16.1. The Kier molecular flexibility index (Phi) is 8.46. The van der Waals surface area contributed by atoms with Crippen LogP contribution in [0.25, 0.3) is 0 Å². The lowest BCUT2D eigenvalue weighted by molar-refractivity contribution is -0.385. The molecule has 0 heterocycles. The van der Waals surface area contributed by atoms with Crippen LogP contribution in [0.4, 0.5) is 11.4 Å². The molecule has 0 saturated carbocycles. The molecular formula is C19H18N6O6. The van der Waals surface area contributed by atoms with Gasteiger partial charge < -0.3 is 0 Å². The molecule has 0 saturated heterocycles. The molecule has 0 aromatic heterocycles. The third-order valence-corrected chi connectivity index (χ3v) is 3.82. The second-order valence-corrected chi connectivity index (χ2v) is 6.14. The van der Waals surface area contributed by atoms with Gasteiger partial charge in [0, 0.05) is 37.1 Å². The van der Waals surface area contributed by atoms with Gasteiger partial charge in [-0.3, -0.25) is 29.8 Å². The van der Waals surface area contributed by atoms with E-state index in [1.165, 1.54) is 61.0 Å². The van der Waals surface area contributed by atoms with E-state index in [1.807, 2.05) is 0 Å². The maximum atomic E-state index is 11.7. The molecule has 0 aliphatic carbocycles. The highest BCUT2D eigenvalue weighted by Crippen LogP contribution is 2.11. The summed E-state index contributed by atoms with van der Waals surface area (Å²) in [5.74, 6) is -0.777. The number of hydrazone groups is 2. The minimum atomic E-state index is -0.514. The first-order chi connectivity index (χ1) is 14.8. The molecule has 0 fully saturated rings. The van der Waals surface area contributed by atoms with E-state index in [9.17, 15) is 29.8 Å². The van der Waals surface area contributed by atoms with Gasteiger partial charge in [0.2, 0.25) is 11.8 Å². The third-order valence-electron chi connectivity index (χ3n) is 3.82. The standard InChI is InChI=1S/C19H18N6O6/c26-18(22-20-12-14-4-8-16(9-5-14)24(28)29)2-1-3-19(27)23-21-13-15-6-10-17(11-7-15)25(30)31/h4-13H,1-3H2,(H,22,26)(H,23,27)/b20-12+,21-13+. The van der Waals surface area contributed by atoms with Crippen molar-refractivity contribution < 1.29 is 19.4 Å². The summed E-state index contributed by atoms with van der Waals surface area (Å²) in [6, 6.07) is 11.3. The molecule has 0 radical (unpaired) electrons. The van der Waals surface area contributed by atoms with Crippen molar-refractivity contribution in [2.24, 2.45) is 10.2 Å². The van der Waals surface area contributed by atoms with E-state index in [2.05, 4.69) is 21.1 Å². The van der Waals surface area contributed by atoms with Gasteiger partial charge in [0.15, 0.2) is 0 Å². The molecule has 31 heavy (non-hydrogen) atoms. The molecule has 160 valence electrons. The van der Waals surface area contributed by atoms with Crippen molar-refractivity contribution in [1.29, 1.82) is 0 Å². The molecule has 0 aliphatic heterocycles. The topological polar surface area (TPSA) is 169 Å². The van der Waals surface area contributed by atoms with E-state index in [4.69, 9.17) is 0 Å². The molecule has 12 nitrogen and oxygen atoms in total. The summed E-state index contributed by atoms with van der Waals surface area (Å²) < 4.78 is 0. The van der Waals surface area contributed by atoms with Gasteiger partial charge in [0.05, 0.1) is 22.3 Å². The molecule has 0 spiro atoms. The second-order valence-electron chi connectivity index (χ2n) is 6.14. The maximum Gasteiger partial charge on any atom is 0.269 e. The molecule has 0 unspecified atom stereocenters. The number of nitro groups is 2. The first kappa shape index (κ1) is 22.8. The van der Waals surface area contributed by atoms with Crippen LogP contribution in [0.5, 0.6) is 0 Å². The van der Waals surface area contributed by atoms with E-state index >= 15 is 0 Å². The average molecular weight is 426 g/mol. The Morgan fingerprint density at radius 3 is 1.42 bits per heavy atom. The Bertz CT molecular complexity index is 920. The van der Waals surface area contributed by atoms with Gasteiger partial charge in [-0.05, 0) is 41.8 Å². The summed E-state index contributed by atoms with van der Waals surface area (Å²) in [4.78, 5) is 43.5. The van der Waals surface area contributed by atoms with Crippen molar-refractivity contribution in [3.63, 3.8) is 0 Å². The molecule has 0 atom stereocenters. The van der Waals surface area contributed by atoms with Crippen molar-refractivity contribution in [2.75, 3.05) is 0 Å². The fourth-order valence-corrected chi connectivity index (χ4v) is 2.24. The van der Waals surface area contributed by atoms with Gasteiger partial charge in [-0.2, -0.15) is 10.2 Å². The predicted molar refractivity (Wildman–Crippen MR) is 112 cm³/mol. The smallest absolute Gasteiger partial charge is 0.269 e. The number of hydrogen-bond acceptors (Lipinski definition) is 8. The molecule has 2 rings (SSSR count). The Labute approximate surface area is 176 Å². The SMILES string of the molecule is O=C(CCCC(=O)N/N=C/c1ccc([N+](=O)[O-])cc1)N/N=C/c1ccc([N+](=O)[O-])cc1. The monoisotopic (exact) mass is 426 g/mol. The number of amides is 2. The van der Waals surface area contributed by atoms with Gasteiger partial charge in [-0.25, -0.2) is 10.9 Å². The minimum absolute atomic E-state index is 0.0449. The van der Waals surface area contributed by atoms with Gasteiger partial charge in [-0.1, -0.05) is 0 Å². The highest BCUT2D eigenvalue weighted by atomic mass is 16.6. The van der Waals surface area contributed by atoms with Gasteiger partial charge in [-0.15, -0.1) is 0 Å². The number of nitrogens with zero attached hydrogens (tertiary/aromatic N) is 4. The van der Waals surface area contributed by atoms with Crippen molar-refractivity contribution in [1.82, 2.24) is 10.9 Å². The van der Waals surface area contributed by atoms with Crippen LogP contribution < -0.4 is 10.9 Å². The molecule has 2 N–H and O–H groups in total. The van der Waals surface area contributed by atoms with Gasteiger partial charge >= 0.3 is 0 Å². The number of benzene rings is 2. The lowest BCUT2D eigenvalue weighted by atomic mass is 10.2. The van der Waals surface area contributed by atoms with E-state index in [0.29, 0.717) is 11.1 Å². The van der Waals surface area contributed by atoms with Crippen LogP contribution in [0, 0.1) is 20.2 Å². The number of carbonyl (C=O) groups is 2. The largest absolute Gasteiger partial charge is 0.273 e. The molecule has 2 amide bonds. The number of rotatable bonds is 10. The Balaban J connectivity index is 1.65. The number of nitro benzene ring substituents is 2. The first-order valence-electron chi connectivity index (χ1n) is 8.98. The van der Waals surface area contributed by atoms with Crippen LogP contribution in [-0.4, -0.2) is 34.1 Å². The average Bonchev–Trinajstić information content (AvgIpc) is 2.74. The number of non-ortho nitro benzene ring substituents is 2. The number of hydrogen-bond donors (Lipinski definition) is 2. The fourth-order valence-electron chi connectivity index (χ4n) is 2.24. The molecular weight excluding hydrogens is 408 g/mol. The number of nitrogens with one attached hydrogen (secondary N) is 2. The predicted octanol–water partition coefficient (Wildman–Crippen LogP) is 2.27. The van der Waals surface area contributed by atoms with Crippen molar-refractivity contribution in [3.8, 4) is 0 Å².